The highest BCUT2D eigenvalue weighted by Crippen LogP contribution is 2.34. The van der Waals surface area contributed by atoms with E-state index >= 15 is 0 Å². The summed E-state index contributed by atoms with van der Waals surface area (Å²) < 4.78 is 10.7. The van der Waals surface area contributed by atoms with Crippen molar-refractivity contribution in [2.24, 2.45) is 5.92 Å². The molecule has 0 radical (unpaired) electrons. The van der Waals surface area contributed by atoms with Crippen molar-refractivity contribution >= 4 is 17.7 Å². The van der Waals surface area contributed by atoms with Gasteiger partial charge in [-0.15, -0.1) is 0 Å². The highest BCUT2D eigenvalue weighted by molar-refractivity contribution is 6.07. The fourth-order valence-corrected chi connectivity index (χ4v) is 4.84. The molecule has 7 nitrogen and oxygen atoms in total. The van der Waals surface area contributed by atoms with Crippen LogP contribution in [0.4, 0.5) is 10.5 Å². The lowest BCUT2D eigenvalue weighted by Crippen LogP contribution is -2.40. The molecule has 2 atom stereocenters. The molecule has 2 aliphatic rings. The molecule has 1 saturated heterocycles. The summed E-state index contributed by atoms with van der Waals surface area (Å²) in [7, 11) is 3.85. The number of hydrogen-bond acceptors (Lipinski definition) is 6. The average molecular weight is 466 g/mol. The number of amides is 2. The number of piperidine rings is 1. The van der Waals surface area contributed by atoms with Crippen molar-refractivity contribution in [1.82, 2.24) is 9.80 Å². The minimum absolute atomic E-state index is 0.246. The summed E-state index contributed by atoms with van der Waals surface area (Å²) in [6.07, 6.45) is 0.499. The molecule has 0 saturated carbocycles. The molecule has 0 bridgehead atoms. The van der Waals surface area contributed by atoms with Crippen LogP contribution in [0.1, 0.15) is 54.6 Å². The number of likely N-dealkylation sites (tertiary alicyclic amines) is 1. The number of rotatable bonds is 5. The number of fused-ring (bicyclic) bond motifs is 1. The normalized spacial score (nSPS) is 20.7. The third-order valence-corrected chi connectivity index (χ3v) is 6.58. The van der Waals surface area contributed by atoms with Gasteiger partial charge in [0.2, 0.25) is 0 Å². The first-order valence-corrected chi connectivity index (χ1v) is 11.9. The van der Waals surface area contributed by atoms with Gasteiger partial charge in [-0.2, -0.15) is 0 Å². The fourth-order valence-electron chi connectivity index (χ4n) is 4.84. The highest BCUT2D eigenvalue weighted by Gasteiger charge is 2.35. The van der Waals surface area contributed by atoms with Gasteiger partial charge in [0.15, 0.2) is 0 Å². The van der Waals surface area contributed by atoms with E-state index < -0.39 is 11.7 Å². The van der Waals surface area contributed by atoms with Gasteiger partial charge in [0, 0.05) is 24.3 Å². The van der Waals surface area contributed by atoms with Gasteiger partial charge in [-0.1, -0.05) is 18.2 Å². The molecule has 7 heteroatoms. The van der Waals surface area contributed by atoms with E-state index in [-0.39, 0.29) is 12.5 Å². The van der Waals surface area contributed by atoms with Gasteiger partial charge in [0.25, 0.3) is 5.91 Å². The standard InChI is InChI=1S/C27H35N3O4/c1-27(2,3)34-26(32)30-17-19-6-9-21(14-24(19)25(30)31)28-15-20-16-29(4)13-12-23(20)18-7-10-22(33-5)11-8-18/h6-11,14,20,23,28H,12-13,15-17H2,1-5H3/t20-,23+/m1/s1. The van der Waals surface area contributed by atoms with Crippen LogP contribution in [-0.4, -0.2) is 61.2 Å². The zero-order valence-electron chi connectivity index (χ0n) is 20.8. The highest BCUT2D eigenvalue weighted by atomic mass is 16.6. The van der Waals surface area contributed by atoms with E-state index in [2.05, 4.69) is 29.4 Å². The Kier molecular flexibility index (Phi) is 6.84. The minimum atomic E-state index is -0.646. The van der Waals surface area contributed by atoms with Crippen LogP contribution >= 0.6 is 0 Å². The molecule has 0 aliphatic carbocycles. The molecule has 34 heavy (non-hydrogen) atoms. The van der Waals surface area contributed by atoms with E-state index in [9.17, 15) is 9.59 Å². The molecule has 0 unspecified atom stereocenters. The van der Waals surface area contributed by atoms with Gasteiger partial charge >= 0.3 is 6.09 Å². The van der Waals surface area contributed by atoms with Crippen molar-refractivity contribution in [3.63, 3.8) is 0 Å². The van der Waals surface area contributed by atoms with E-state index in [0.717, 1.165) is 43.1 Å². The third-order valence-electron chi connectivity index (χ3n) is 6.58. The second kappa shape index (κ2) is 9.66. The zero-order valence-corrected chi connectivity index (χ0v) is 20.8. The number of benzene rings is 2. The summed E-state index contributed by atoms with van der Waals surface area (Å²) in [5, 5.41) is 3.55. The number of carbonyl (C=O) groups excluding carboxylic acids is 2. The Balaban J connectivity index is 1.44. The van der Waals surface area contributed by atoms with E-state index in [1.807, 2.05) is 30.3 Å². The molecule has 2 aromatic rings. The molecule has 2 amide bonds. The monoisotopic (exact) mass is 465 g/mol. The number of hydrogen-bond donors (Lipinski definition) is 1. The maximum absolute atomic E-state index is 12.9. The molecule has 0 spiro atoms. The Bertz CT molecular complexity index is 1040. The smallest absolute Gasteiger partial charge is 0.417 e. The van der Waals surface area contributed by atoms with Crippen LogP contribution in [0.2, 0.25) is 0 Å². The SMILES string of the molecule is COc1ccc([C@@H]2CCN(C)C[C@H]2CNc2ccc3c(c2)C(=O)N(C(=O)OC(C)(C)C)C3)cc1. The zero-order chi connectivity index (χ0) is 24.5. The second-order valence-corrected chi connectivity index (χ2v) is 10.3. The summed E-state index contributed by atoms with van der Waals surface area (Å²) in [6, 6.07) is 14.2. The van der Waals surface area contributed by atoms with Gasteiger partial charge in [0.1, 0.15) is 11.4 Å². The Hall–Kier alpha value is -3.06. The van der Waals surface area contributed by atoms with Crippen molar-refractivity contribution < 1.29 is 19.1 Å². The molecule has 2 aliphatic heterocycles. The van der Waals surface area contributed by atoms with E-state index in [1.54, 1.807) is 27.9 Å². The molecular formula is C27H35N3O4. The largest absolute Gasteiger partial charge is 0.497 e. The first-order chi connectivity index (χ1) is 16.1. The number of imide groups is 1. The third kappa shape index (κ3) is 5.36. The molecule has 0 aromatic heterocycles. The van der Waals surface area contributed by atoms with Gasteiger partial charge in [0.05, 0.1) is 13.7 Å². The molecule has 182 valence electrons. The fraction of sp³-hybridized carbons (Fsp3) is 0.481. The van der Waals surface area contributed by atoms with Crippen molar-refractivity contribution in [3.05, 3.63) is 59.2 Å². The first-order valence-electron chi connectivity index (χ1n) is 11.9. The van der Waals surface area contributed by atoms with Crippen molar-refractivity contribution in [2.45, 2.75) is 45.3 Å². The summed E-state index contributed by atoms with van der Waals surface area (Å²) in [5.74, 6) is 1.44. The van der Waals surface area contributed by atoms with Crippen LogP contribution in [0.25, 0.3) is 0 Å². The Morgan fingerprint density at radius 2 is 1.88 bits per heavy atom. The maximum Gasteiger partial charge on any atom is 0.417 e. The average Bonchev–Trinajstić information content (AvgIpc) is 3.13. The number of anilines is 1. The molecule has 4 rings (SSSR count). The van der Waals surface area contributed by atoms with Crippen molar-refractivity contribution in [1.29, 1.82) is 0 Å². The number of carbonyl (C=O) groups is 2. The Morgan fingerprint density at radius 3 is 2.56 bits per heavy atom. The minimum Gasteiger partial charge on any atom is -0.497 e. The second-order valence-electron chi connectivity index (χ2n) is 10.3. The Labute approximate surface area is 202 Å². The molecule has 1 N–H and O–H groups in total. The quantitative estimate of drug-likeness (QED) is 0.688. The number of ether oxygens (including phenoxy) is 2. The number of nitrogens with one attached hydrogen (secondary N) is 1. The summed E-state index contributed by atoms with van der Waals surface area (Å²) in [4.78, 5) is 28.9. The van der Waals surface area contributed by atoms with Crippen LogP contribution in [0.15, 0.2) is 42.5 Å². The van der Waals surface area contributed by atoms with Gasteiger partial charge in [-0.05, 0) is 88.0 Å². The lowest BCUT2D eigenvalue weighted by Gasteiger charge is -2.37. The lowest BCUT2D eigenvalue weighted by atomic mass is 9.80. The van der Waals surface area contributed by atoms with Crippen LogP contribution in [0, 0.1) is 5.92 Å². The summed E-state index contributed by atoms with van der Waals surface area (Å²) in [5.41, 5.74) is 2.97. The lowest BCUT2D eigenvalue weighted by molar-refractivity contribution is 0.0248. The maximum atomic E-state index is 12.9. The van der Waals surface area contributed by atoms with Crippen LogP contribution in [0.3, 0.4) is 0 Å². The van der Waals surface area contributed by atoms with E-state index in [0.29, 0.717) is 17.4 Å². The van der Waals surface area contributed by atoms with Crippen molar-refractivity contribution in [2.75, 3.05) is 39.1 Å². The van der Waals surface area contributed by atoms with Crippen LogP contribution in [0.5, 0.6) is 5.75 Å². The van der Waals surface area contributed by atoms with Crippen LogP contribution in [-0.2, 0) is 11.3 Å². The first kappa shape index (κ1) is 24.1. The van der Waals surface area contributed by atoms with E-state index in [4.69, 9.17) is 9.47 Å². The summed E-state index contributed by atoms with van der Waals surface area (Å²) >= 11 is 0. The predicted molar refractivity (Wildman–Crippen MR) is 132 cm³/mol. The molecular weight excluding hydrogens is 430 g/mol. The predicted octanol–water partition coefficient (Wildman–Crippen LogP) is 4.73. The molecule has 1 fully saturated rings. The van der Waals surface area contributed by atoms with Gasteiger partial charge in [-0.3, -0.25) is 4.79 Å². The molecule has 2 heterocycles. The summed E-state index contributed by atoms with van der Waals surface area (Å²) in [6.45, 7) is 8.49. The van der Waals surface area contributed by atoms with Gasteiger partial charge < -0.3 is 19.7 Å². The molecule has 2 aromatic carbocycles. The van der Waals surface area contributed by atoms with Crippen LogP contribution < -0.4 is 10.1 Å². The topological polar surface area (TPSA) is 71.1 Å². The Morgan fingerprint density at radius 1 is 1.15 bits per heavy atom. The van der Waals surface area contributed by atoms with Gasteiger partial charge in [-0.25, -0.2) is 9.69 Å². The number of nitrogens with zero attached hydrogens (tertiary/aromatic N) is 2. The number of methoxy groups -OCH3 is 1. The van der Waals surface area contributed by atoms with E-state index in [1.165, 1.54) is 10.5 Å². The van der Waals surface area contributed by atoms with Crippen molar-refractivity contribution in [3.8, 4) is 5.75 Å².